The number of morpholine rings is 1. The van der Waals surface area contributed by atoms with E-state index >= 15 is 0 Å². The summed E-state index contributed by atoms with van der Waals surface area (Å²) in [4.78, 5) is 8.98. The lowest BCUT2D eigenvalue weighted by Crippen LogP contribution is -2.54. The minimum atomic E-state index is -1.43. The highest BCUT2D eigenvalue weighted by Gasteiger charge is 2.43. The van der Waals surface area contributed by atoms with Crippen molar-refractivity contribution < 1.29 is 9.77 Å². The molecule has 6 nitrogen and oxygen atoms in total. The standard InChI is InChI=1S/C5H7N3O3S/c6-3-5(12)4-11-2-1-7(5)8(9)10/h12H,1-2,4H2. The number of rotatable bonds is 1. The largest absolute Gasteiger partial charge is 0.375 e. The number of nitriles is 1. The number of hydrazine groups is 1. The molecule has 7 heteroatoms. The fourth-order valence-corrected chi connectivity index (χ4v) is 1.20. The van der Waals surface area contributed by atoms with Gasteiger partial charge in [0.2, 0.25) is 0 Å². The Hall–Kier alpha value is -1.00. The molecule has 1 heterocycles. The van der Waals surface area contributed by atoms with E-state index in [4.69, 9.17) is 10.00 Å². The first-order valence-corrected chi connectivity index (χ1v) is 3.68. The first-order valence-electron chi connectivity index (χ1n) is 3.23. The van der Waals surface area contributed by atoms with Gasteiger partial charge in [0, 0.05) is 0 Å². The van der Waals surface area contributed by atoms with Crippen LogP contribution in [0.1, 0.15) is 0 Å². The first kappa shape index (κ1) is 9.09. The van der Waals surface area contributed by atoms with Crippen molar-refractivity contribution in [1.82, 2.24) is 5.01 Å². The smallest absolute Gasteiger partial charge is 0.251 e. The van der Waals surface area contributed by atoms with Gasteiger partial charge in [0.15, 0.2) is 5.03 Å². The van der Waals surface area contributed by atoms with Crippen LogP contribution in [0.2, 0.25) is 0 Å². The second kappa shape index (κ2) is 3.16. The van der Waals surface area contributed by atoms with Crippen molar-refractivity contribution in [2.45, 2.75) is 4.87 Å². The van der Waals surface area contributed by atoms with Crippen molar-refractivity contribution in [2.75, 3.05) is 19.8 Å². The zero-order valence-corrected chi connectivity index (χ0v) is 7.03. The van der Waals surface area contributed by atoms with Crippen molar-refractivity contribution in [3.8, 4) is 6.07 Å². The van der Waals surface area contributed by atoms with Crippen LogP contribution in [0.3, 0.4) is 0 Å². The van der Waals surface area contributed by atoms with E-state index in [9.17, 15) is 10.1 Å². The van der Waals surface area contributed by atoms with Crippen molar-refractivity contribution in [3.63, 3.8) is 0 Å². The third kappa shape index (κ3) is 1.44. The minimum Gasteiger partial charge on any atom is -0.375 e. The molecule has 0 bridgehead atoms. The van der Waals surface area contributed by atoms with Gasteiger partial charge in [-0.3, -0.25) is 0 Å². The molecule has 1 saturated heterocycles. The van der Waals surface area contributed by atoms with E-state index in [1.807, 2.05) is 0 Å². The lowest BCUT2D eigenvalue weighted by atomic mass is 10.3. The third-order valence-corrected chi connectivity index (χ3v) is 2.01. The highest BCUT2D eigenvalue weighted by Crippen LogP contribution is 2.22. The summed E-state index contributed by atoms with van der Waals surface area (Å²) in [7, 11) is 0. The molecule has 1 fully saturated rings. The van der Waals surface area contributed by atoms with Gasteiger partial charge in [-0.25, -0.2) is 10.1 Å². The van der Waals surface area contributed by atoms with Crippen molar-refractivity contribution in [2.24, 2.45) is 0 Å². The highest BCUT2D eigenvalue weighted by atomic mass is 32.1. The van der Waals surface area contributed by atoms with Gasteiger partial charge in [0.05, 0.1) is 13.2 Å². The molecule has 0 saturated carbocycles. The monoisotopic (exact) mass is 189 g/mol. The molecule has 0 radical (unpaired) electrons. The first-order chi connectivity index (χ1) is 5.60. The topological polar surface area (TPSA) is 79.4 Å². The molecule has 0 spiro atoms. The molecule has 1 aliphatic rings. The second-order valence-corrected chi connectivity index (χ2v) is 3.08. The van der Waals surface area contributed by atoms with Crippen LogP contribution in [0.5, 0.6) is 0 Å². The van der Waals surface area contributed by atoms with Crippen LogP contribution in [0.4, 0.5) is 0 Å². The van der Waals surface area contributed by atoms with E-state index in [1.54, 1.807) is 6.07 Å². The van der Waals surface area contributed by atoms with Crippen LogP contribution >= 0.6 is 12.6 Å². The van der Waals surface area contributed by atoms with Gasteiger partial charge < -0.3 is 4.74 Å². The fourth-order valence-electron chi connectivity index (χ4n) is 0.932. The maximum Gasteiger partial charge on any atom is 0.251 e. The molecule has 66 valence electrons. The summed E-state index contributed by atoms with van der Waals surface area (Å²) in [6.45, 7) is 0.294. The van der Waals surface area contributed by atoms with Crippen LogP contribution in [-0.4, -0.2) is 34.7 Å². The lowest BCUT2D eigenvalue weighted by molar-refractivity contribution is -0.669. The van der Waals surface area contributed by atoms with E-state index in [2.05, 4.69) is 12.6 Å². The van der Waals surface area contributed by atoms with Gasteiger partial charge >= 0.3 is 0 Å². The summed E-state index contributed by atoms with van der Waals surface area (Å²) >= 11 is 3.88. The second-order valence-electron chi connectivity index (χ2n) is 2.34. The van der Waals surface area contributed by atoms with E-state index in [-0.39, 0.29) is 19.8 Å². The lowest BCUT2D eigenvalue weighted by Gasteiger charge is -2.31. The maximum atomic E-state index is 10.4. The van der Waals surface area contributed by atoms with Gasteiger partial charge in [-0.2, -0.15) is 5.26 Å². The molecule has 0 aliphatic carbocycles. The number of nitrogens with zero attached hydrogens (tertiary/aromatic N) is 3. The fraction of sp³-hybridized carbons (Fsp3) is 0.800. The Kier molecular flexibility index (Phi) is 2.40. The average Bonchev–Trinajstić information content (AvgIpc) is 2.05. The van der Waals surface area contributed by atoms with Gasteiger partial charge in [0.25, 0.3) is 4.87 Å². The molecule has 0 N–H and O–H groups in total. The molecule has 0 aromatic rings. The Balaban J connectivity index is 2.82. The Labute approximate surface area is 74.2 Å². The van der Waals surface area contributed by atoms with Gasteiger partial charge in [-0.05, 0) is 0 Å². The zero-order valence-electron chi connectivity index (χ0n) is 6.13. The Bertz CT molecular complexity index is 241. The quantitative estimate of drug-likeness (QED) is 0.347. The molecular formula is C5H7N3O3S. The number of hydrogen-bond acceptors (Lipinski definition) is 5. The summed E-state index contributed by atoms with van der Waals surface area (Å²) < 4.78 is 4.91. The SMILES string of the molecule is N#CC1(S)COCCN1[N+](=O)[O-]. The van der Waals surface area contributed by atoms with Crippen LogP contribution < -0.4 is 0 Å². The molecule has 0 aromatic carbocycles. The zero-order chi connectivity index (χ0) is 9.19. The Morgan fingerprint density at radius 1 is 1.83 bits per heavy atom. The molecule has 0 amide bonds. The van der Waals surface area contributed by atoms with E-state index in [0.29, 0.717) is 0 Å². The average molecular weight is 189 g/mol. The van der Waals surface area contributed by atoms with Crippen molar-refractivity contribution in [1.29, 1.82) is 5.26 Å². The minimum absolute atomic E-state index is 0.0480. The molecule has 1 aliphatic heterocycles. The predicted octanol–water partition coefficient (Wildman–Crippen LogP) is -0.340. The normalized spacial score (nSPS) is 29.5. The van der Waals surface area contributed by atoms with Gasteiger partial charge in [-0.1, -0.05) is 5.01 Å². The maximum absolute atomic E-state index is 10.4. The number of ether oxygens (including phenoxy) is 1. The number of hydrogen-bond donors (Lipinski definition) is 1. The summed E-state index contributed by atoms with van der Waals surface area (Å²) in [6.07, 6.45) is 0. The number of thiol groups is 1. The van der Waals surface area contributed by atoms with Crippen LogP contribution in [-0.2, 0) is 4.74 Å². The molecule has 1 rings (SSSR count). The summed E-state index contributed by atoms with van der Waals surface area (Å²) in [6, 6.07) is 1.74. The van der Waals surface area contributed by atoms with Gasteiger partial charge in [-0.15, -0.1) is 12.6 Å². The van der Waals surface area contributed by atoms with Crippen LogP contribution in [0.15, 0.2) is 0 Å². The van der Waals surface area contributed by atoms with E-state index in [1.165, 1.54) is 0 Å². The van der Waals surface area contributed by atoms with Crippen molar-refractivity contribution >= 4 is 12.6 Å². The summed E-state index contributed by atoms with van der Waals surface area (Å²) in [5.74, 6) is 0. The molecule has 12 heavy (non-hydrogen) atoms. The molecule has 1 atom stereocenters. The summed E-state index contributed by atoms with van der Waals surface area (Å²) in [5, 5.41) is 19.2. The van der Waals surface area contributed by atoms with Crippen molar-refractivity contribution in [3.05, 3.63) is 10.1 Å². The summed E-state index contributed by atoms with van der Waals surface area (Å²) in [5.41, 5.74) is 0. The molecular weight excluding hydrogens is 182 g/mol. The number of nitro groups is 1. The predicted molar refractivity (Wildman–Crippen MR) is 41.8 cm³/mol. The third-order valence-electron chi connectivity index (χ3n) is 1.55. The molecule has 0 aromatic heterocycles. The van der Waals surface area contributed by atoms with Crippen LogP contribution in [0, 0.1) is 21.4 Å². The van der Waals surface area contributed by atoms with E-state index in [0.717, 1.165) is 5.01 Å². The Morgan fingerprint density at radius 2 is 2.50 bits per heavy atom. The van der Waals surface area contributed by atoms with E-state index < -0.39 is 9.90 Å². The molecule has 1 unspecified atom stereocenters. The van der Waals surface area contributed by atoms with Gasteiger partial charge in [0.1, 0.15) is 12.6 Å². The highest BCUT2D eigenvalue weighted by molar-refractivity contribution is 7.82. The Morgan fingerprint density at radius 3 is 2.92 bits per heavy atom. The van der Waals surface area contributed by atoms with Crippen LogP contribution in [0.25, 0.3) is 0 Å².